The lowest BCUT2D eigenvalue weighted by Gasteiger charge is -2.24. The van der Waals surface area contributed by atoms with Crippen molar-refractivity contribution in [3.63, 3.8) is 0 Å². The highest BCUT2D eigenvalue weighted by atomic mass is 79.9. The van der Waals surface area contributed by atoms with Crippen molar-refractivity contribution in [1.29, 1.82) is 0 Å². The molecule has 0 radical (unpaired) electrons. The molecular formula is C12H15BrN4O4. The predicted molar refractivity (Wildman–Crippen MR) is 77.9 cm³/mol. The van der Waals surface area contributed by atoms with Crippen LogP contribution in [0.2, 0.25) is 0 Å². The van der Waals surface area contributed by atoms with Crippen molar-refractivity contribution in [3.05, 3.63) is 21.0 Å². The zero-order valence-electron chi connectivity index (χ0n) is 11.4. The number of halogens is 1. The minimum Gasteiger partial charge on any atom is -0.468 e. The van der Waals surface area contributed by atoms with E-state index < -0.39 is 11.5 Å². The number of rotatable bonds is 4. The van der Waals surface area contributed by atoms with Gasteiger partial charge in [-0.05, 0) is 22.4 Å². The maximum atomic E-state index is 12.1. The minimum atomic E-state index is -0.549. The number of aromatic nitrogens is 2. The van der Waals surface area contributed by atoms with Gasteiger partial charge >= 0.3 is 5.97 Å². The smallest absolute Gasteiger partial charge is 0.327 e. The number of nitrogens with one attached hydrogen (secondary N) is 2. The molecule has 0 saturated carbocycles. The highest BCUT2D eigenvalue weighted by molar-refractivity contribution is 9.10. The Morgan fingerprint density at radius 3 is 3.00 bits per heavy atom. The Bertz CT molecular complexity index is 606. The fourth-order valence-corrected chi connectivity index (χ4v) is 2.36. The number of hydrogen-bond acceptors (Lipinski definition) is 6. The van der Waals surface area contributed by atoms with Crippen LogP contribution in [-0.4, -0.2) is 41.4 Å². The molecule has 21 heavy (non-hydrogen) atoms. The number of piperidine rings is 1. The van der Waals surface area contributed by atoms with Crippen molar-refractivity contribution < 1.29 is 14.3 Å². The Hall–Kier alpha value is -1.90. The van der Waals surface area contributed by atoms with E-state index in [4.69, 9.17) is 0 Å². The Balaban J connectivity index is 2.11. The number of amides is 1. The first-order valence-electron chi connectivity index (χ1n) is 6.37. The Kier molecular flexibility index (Phi) is 4.94. The van der Waals surface area contributed by atoms with Crippen LogP contribution >= 0.6 is 15.9 Å². The predicted octanol–water partition coefficient (Wildman–Crippen LogP) is -0.131. The van der Waals surface area contributed by atoms with Crippen LogP contribution in [0.4, 0.5) is 5.69 Å². The summed E-state index contributed by atoms with van der Waals surface area (Å²) in [4.78, 5) is 34.4. The van der Waals surface area contributed by atoms with Crippen LogP contribution in [0.1, 0.15) is 12.8 Å². The average Bonchev–Trinajstić information content (AvgIpc) is 2.49. The molecule has 1 aromatic rings. The molecule has 2 N–H and O–H groups in total. The van der Waals surface area contributed by atoms with E-state index in [9.17, 15) is 14.4 Å². The maximum absolute atomic E-state index is 12.1. The molecule has 1 amide bonds. The van der Waals surface area contributed by atoms with Gasteiger partial charge in [-0.1, -0.05) is 0 Å². The molecule has 0 aliphatic carbocycles. The monoisotopic (exact) mass is 358 g/mol. The summed E-state index contributed by atoms with van der Waals surface area (Å²) in [6.45, 7) is 0.254. The highest BCUT2D eigenvalue weighted by Gasteiger charge is 2.20. The Morgan fingerprint density at radius 1 is 1.62 bits per heavy atom. The van der Waals surface area contributed by atoms with E-state index >= 15 is 0 Å². The van der Waals surface area contributed by atoms with Gasteiger partial charge in [0.1, 0.15) is 11.0 Å². The number of anilines is 1. The van der Waals surface area contributed by atoms with Gasteiger partial charge < -0.3 is 15.4 Å². The van der Waals surface area contributed by atoms with Gasteiger partial charge in [-0.15, -0.1) is 0 Å². The first-order valence-corrected chi connectivity index (χ1v) is 7.16. The molecule has 1 unspecified atom stereocenters. The fraction of sp³-hybridized carbons (Fsp3) is 0.500. The summed E-state index contributed by atoms with van der Waals surface area (Å²) < 4.78 is 5.81. The molecule has 0 aromatic carbocycles. The molecule has 2 rings (SSSR count). The second-order valence-electron chi connectivity index (χ2n) is 4.60. The molecule has 1 aliphatic rings. The number of carbonyl (C=O) groups is 2. The van der Waals surface area contributed by atoms with Crippen LogP contribution in [-0.2, 0) is 20.9 Å². The summed E-state index contributed by atoms with van der Waals surface area (Å²) in [6.07, 6.45) is 2.59. The first-order chi connectivity index (χ1) is 10.0. The van der Waals surface area contributed by atoms with E-state index in [2.05, 4.69) is 36.4 Å². The lowest BCUT2D eigenvalue weighted by atomic mass is 10.1. The topological polar surface area (TPSA) is 102 Å². The van der Waals surface area contributed by atoms with Gasteiger partial charge in [0.05, 0.1) is 19.0 Å². The molecule has 1 aromatic heterocycles. The van der Waals surface area contributed by atoms with Crippen LogP contribution < -0.4 is 16.2 Å². The zero-order valence-corrected chi connectivity index (χ0v) is 13.0. The lowest BCUT2D eigenvalue weighted by molar-refractivity contribution is -0.141. The van der Waals surface area contributed by atoms with Crippen LogP contribution in [0, 0.1) is 0 Å². The van der Waals surface area contributed by atoms with Crippen molar-refractivity contribution in [2.24, 2.45) is 0 Å². The molecule has 0 spiro atoms. The summed E-state index contributed by atoms with van der Waals surface area (Å²) in [7, 11) is 1.25. The van der Waals surface area contributed by atoms with E-state index in [1.807, 2.05) is 0 Å². The van der Waals surface area contributed by atoms with Gasteiger partial charge in [-0.25, -0.2) is 4.68 Å². The molecule has 1 saturated heterocycles. The van der Waals surface area contributed by atoms with E-state index in [1.54, 1.807) is 0 Å². The van der Waals surface area contributed by atoms with Gasteiger partial charge in [0, 0.05) is 19.0 Å². The van der Waals surface area contributed by atoms with Gasteiger partial charge in [-0.3, -0.25) is 14.4 Å². The van der Waals surface area contributed by atoms with Crippen LogP contribution in [0.25, 0.3) is 0 Å². The standard InChI is InChI=1S/C12H15BrN4O4/c1-21-10(19)6-17-12(20)11(13)8(5-15-17)16-7-2-3-9(18)14-4-7/h5,7,16H,2-4,6H2,1H3,(H,14,18). The molecule has 9 heteroatoms. The van der Waals surface area contributed by atoms with Crippen molar-refractivity contribution in [2.45, 2.75) is 25.4 Å². The number of methoxy groups -OCH3 is 1. The largest absolute Gasteiger partial charge is 0.468 e. The SMILES string of the molecule is COC(=O)Cn1ncc(NC2CCC(=O)NC2)c(Br)c1=O. The first kappa shape index (κ1) is 15.5. The summed E-state index contributed by atoms with van der Waals surface area (Å²) >= 11 is 3.21. The molecule has 1 aliphatic heterocycles. The number of hydrogen-bond donors (Lipinski definition) is 2. The molecule has 2 heterocycles. The van der Waals surface area contributed by atoms with Crippen LogP contribution in [0.3, 0.4) is 0 Å². The fourth-order valence-electron chi connectivity index (χ4n) is 1.94. The van der Waals surface area contributed by atoms with Crippen LogP contribution in [0.5, 0.6) is 0 Å². The molecular weight excluding hydrogens is 344 g/mol. The van der Waals surface area contributed by atoms with Crippen LogP contribution in [0.15, 0.2) is 15.5 Å². The molecule has 0 bridgehead atoms. The highest BCUT2D eigenvalue weighted by Crippen LogP contribution is 2.19. The van der Waals surface area contributed by atoms with Crippen molar-refractivity contribution in [1.82, 2.24) is 15.1 Å². The van der Waals surface area contributed by atoms with Crippen molar-refractivity contribution >= 4 is 33.5 Å². The summed E-state index contributed by atoms with van der Waals surface area (Å²) in [6, 6.07) is 0.0386. The Labute approximate surface area is 129 Å². The van der Waals surface area contributed by atoms with Crippen molar-refractivity contribution in [3.8, 4) is 0 Å². The van der Waals surface area contributed by atoms with E-state index in [1.165, 1.54) is 13.3 Å². The van der Waals surface area contributed by atoms with Gasteiger partial charge in [0.25, 0.3) is 5.56 Å². The number of nitrogens with zero attached hydrogens (tertiary/aromatic N) is 2. The second-order valence-corrected chi connectivity index (χ2v) is 5.39. The lowest BCUT2D eigenvalue weighted by Crippen LogP contribution is -2.42. The van der Waals surface area contributed by atoms with Gasteiger partial charge in [0.2, 0.25) is 5.91 Å². The third-order valence-electron chi connectivity index (χ3n) is 3.12. The molecule has 8 nitrogen and oxygen atoms in total. The van der Waals surface area contributed by atoms with E-state index in [0.29, 0.717) is 29.5 Å². The third kappa shape index (κ3) is 3.81. The molecule has 1 atom stereocenters. The van der Waals surface area contributed by atoms with Gasteiger partial charge in [-0.2, -0.15) is 5.10 Å². The third-order valence-corrected chi connectivity index (χ3v) is 3.88. The Morgan fingerprint density at radius 2 is 2.38 bits per heavy atom. The number of carbonyl (C=O) groups excluding carboxylic acids is 2. The number of ether oxygens (including phenoxy) is 1. The summed E-state index contributed by atoms with van der Waals surface area (Å²) in [5.41, 5.74) is 0.104. The molecule has 1 fully saturated rings. The minimum absolute atomic E-state index is 0.0266. The van der Waals surface area contributed by atoms with E-state index in [0.717, 1.165) is 4.68 Å². The molecule has 114 valence electrons. The van der Waals surface area contributed by atoms with Gasteiger partial charge in [0.15, 0.2) is 0 Å². The summed E-state index contributed by atoms with van der Waals surface area (Å²) in [5, 5.41) is 9.83. The van der Waals surface area contributed by atoms with Crippen molar-refractivity contribution in [2.75, 3.05) is 19.0 Å². The average molecular weight is 359 g/mol. The summed E-state index contributed by atoms with van der Waals surface area (Å²) in [5.74, 6) is -0.522. The van der Waals surface area contributed by atoms with E-state index in [-0.39, 0.29) is 18.5 Å². The number of esters is 1. The zero-order chi connectivity index (χ0) is 15.4. The quantitative estimate of drug-likeness (QED) is 0.726. The second kappa shape index (κ2) is 6.70. The maximum Gasteiger partial charge on any atom is 0.327 e. The normalized spacial score (nSPS) is 18.0.